The molecule has 0 aromatic carbocycles. The van der Waals surface area contributed by atoms with E-state index in [2.05, 4.69) is 86.4 Å². The zero-order valence-electron chi connectivity index (χ0n) is 43.0. The van der Waals surface area contributed by atoms with Gasteiger partial charge in [0.15, 0.2) is 5.79 Å². The summed E-state index contributed by atoms with van der Waals surface area (Å²) in [5.41, 5.74) is 1.75. The summed E-state index contributed by atoms with van der Waals surface area (Å²) in [6, 6.07) is 0. The van der Waals surface area contributed by atoms with Gasteiger partial charge in [-0.3, -0.25) is 0 Å². The van der Waals surface area contributed by atoms with Gasteiger partial charge in [-0.15, -0.1) is 12.3 Å². The van der Waals surface area contributed by atoms with Gasteiger partial charge in [-0.05, 0) is 106 Å². The lowest BCUT2D eigenvalue weighted by Crippen LogP contribution is -2.25. The first-order valence-corrected chi connectivity index (χ1v) is 26.7. The van der Waals surface area contributed by atoms with Crippen LogP contribution in [0.2, 0.25) is 0 Å². The van der Waals surface area contributed by atoms with E-state index in [4.69, 9.17) is 26.2 Å². The van der Waals surface area contributed by atoms with Crippen molar-refractivity contribution in [2.24, 2.45) is 17.8 Å². The van der Waals surface area contributed by atoms with Crippen LogP contribution in [0.5, 0.6) is 0 Å². The molecule has 10 atom stereocenters. The molecule has 0 radical (unpaired) electrons. The number of halogens is 1. The lowest BCUT2D eigenvalue weighted by atomic mass is 10.0. The van der Waals surface area contributed by atoms with Gasteiger partial charge in [0.05, 0.1) is 43.0 Å². The molecule has 4 aliphatic rings. The Hall–Kier alpha value is -2.73. The summed E-state index contributed by atoms with van der Waals surface area (Å²) in [6.07, 6.45) is 28.5. The fraction of sp³-hybridized carbons (Fsp3) is 0.772. The van der Waals surface area contributed by atoms with Crippen LogP contribution < -0.4 is 5.48 Å². The Kier molecular flexibility index (Phi) is 41.2. The Bertz CT molecular complexity index is 1650. The van der Waals surface area contributed by atoms with E-state index in [0.29, 0.717) is 38.5 Å². The quantitative estimate of drug-likeness (QED) is 0.0184. The van der Waals surface area contributed by atoms with Gasteiger partial charge in [-0.25, -0.2) is 5.48 Å². The fourth-order valence-electron chi connectivity index (χ4n) is 6.93. The lowest BCUT2D eigenvalue weighted by molar-refractivity contribution is -0.146. The molecule has 9 N–H and O–H groups in total. The average molecular weight is 1030 g/mol. The Labute approximate surface area is 427 Å². The molecule has 1 saturated heterocycles. The number of aliphatic hydroxyl groups excluding tert-OH is 7. The number of hydrogen-bond donors (Lipinski definition) is 9. The molecule has 11 nitrogen and oxygen atoms in total. The number of rotatable bonds is 25. The molecule has 0 bridgehead atoms. The maximum absolute atomic E-state index is 9.83. The third kappa shape index (κ3) is 41.6. The maximum atomic E-state index is 9.83. The van der Waals surface area contributed by atoms with Crippen LogP contribution in [0.25, 0.3) is 0 Å². The van der Waals surface area contributed by atoms with Crippen molar-refractivity contribution in [3.8, 4) is 70.5 Å². The molecule has 12 heteroatoms. The van der Waals surface area contributed by atoms with E-state index in [0.717, 1.165) is 49.9 Å². The van der Waals surface area contributed by atoms with E-state index in [9.17, 15) is 30.6 Å². The van der Waals surface area contributed by atoms with E-state index in [1.807, 2.05) is 34.6 Å². The molecule has 390 valence electrons. The molecule has 0 amide bonds. The van der Waals surface area contributed by atoms with Gasteiger partial charge in [0, 0.05) is 42.2 Å². The summed E-state index contributed by atoms with van der Waals surface area (Å²) in [7, 11) is 1.43. The summed E-state index contributed by atoms with van der Waals surface area (Å²) in [5.74, 6) is 28.9. The lowest BCUT2D eigenvalue weighted by Gasteiger charge is -2.16. The number of hydroxylamine groups is 1. The molecule has 3 saturated carbocycles. The van der Waals surface area contributed by atoms with Crippen molar-refractivity contribution < 1.29 is 50.4 Å². The molecular formula is C57H91BrNO10+. The second kappa shape index (κ2) is 42.9. The van der Waals surface area contributed by atoms with Crippen molar-refractivity contribution in [3.63, 3.8) is 0 Å². The third-order valence-electron chi connectivity index (χ3n) is 11.8. The Morgan fingerprint density at radius 1 is 0.609 bits per heavy atom. The van der Waals surface area contributed by atoms with Crippen molar-refractivity contribution in [2.75, 3.05) is 7.05 Å². The standard InChI is InChI=1S/C21H32O3.C18H28O3.C12H19O2.C5H7BrO.CH5NO/c1-4-18(22)12-8-6-10-14-20-19(23-21(2,3)24-20)13-9-5-7-11-17-15-16-17;1-2-16(19)10-6-4-8-12-18(21)17(20)11-7-3-5-9-15-13-14-15;1-2-5-11(13)12(14)7-4-3-6-10-8-9-10;1-2-5(7)3-4-6;1-2-3/h17-20,22H,4-5,7,9,11,13-16H2,1-3H3;15-21H,2-3,5,7,9,11-14H2,1H3;1,8,10-14H,3-7,9H2;5,7H,2H2,1H3;2-3H,1H3/q;;+1;;/t18-,19+,20+;16-,17+,18+;10?,11-,12-;5-;/m0010./s1. The number of aliphatic hydroxyl groups is 7. The molecule has 3 aliphatic carbocycles. The molecule has 0 aromatic heterocycles. The highest BCUT2D eigenvalue weighted by atomic mass is 79.9. The predicted molar refractivity (Wildman–Crippen MR) is 281 cm³/mol. The first-order valence-electron chi connectivity index (χ1n) is 25.9. The van der Waals surface area contributed by atoms with Gasteiger partial charge in [-0.2, -0.15) is 0 Å². The van der Waals surface area contributed by atoms with Crippen molar-refractivity contribution in [3.05, 3.63) is 6.42 Å². The van der Waals surface area contributed by atoms with E-state index in [1.165, 1.54) is 84.1 Å². The third-order valence-corrected chi connectivity index (χ3v) is 12.0. The number of ether oxygens (including phenoxy) is 2. The minimum absolute atomic E-state index is 0.0221. The van der Waals surface area contributed by atoms with Crippen molar-refractivity contribution in [1.29, 1.82) is 0 Å². The second-order valence-electron chi connectivity index (χ2n) is 18.9. The summed E-state index contributed by atoms with van der Waals surface area (Å²) in [6.45, 7) is 9.56. The Morgan fingerprint density at radius 3 is 1.51 bits per heavy atom. The van der Waals surface area contributed by atoms with Gasteiger partial charge in [0.1, 0.15) is 30.7 Å². The first kappa shape index (κ1) is 66.3. The monoisotopic (exact) mass is 1030 g/mol. The highest BCUT2D eigenvalue weighted by molar-refractivity contribution is 9.12. The van der Waals surface area contributed by atoms with Crippen LogP contribution >= 0.6 is 15.9 Å². The summed E-state index contributed by atoms with van der Waals surface area (Å²) < 4.78 is 12.0. The Morgan fingerprint density at radius 2 is 1.04 bits per heavy atom. The zero-order valence-corrected chi connectivity index (χ0v) is 44.6. The van der Waals surface area contributed by atoms with Crippen molar-refractivity contribution >= 4 is 15.9 Å². The SMILES string of the molecule is C#CC[C@@H](O)[C@H](O)CCCCC1[CH+]C1.CC[C@H](O)C#CBr.CC[C@H](O)C#CC#CC[C@@H](O)[C@H](O)CCCCCC1CC1.CC[C@H](O)C#CC#CC[C@H]1OC(C)(C)O[C@@H]1CCCCCC1CC1.CNO. The second-order valence-corrected chi connectivity index (χ2v) is 19.3. The van der Waals surface area contributed by atoms with E-state index in [-0.39, 0.29) is 25.0 Å². The van der Waals surface area contributed by atoms with Crippen LogP contribution in [-0.2, 0) is 9.47 Å². The van der Waals surface area contributed by atoms with E-state index >= 15 is 0 Å². The van der Waals surface area contributed by atoms with E-state index < -0.39 is 48.5 Å². The smallest absolute Gasteiger partial charge is 0.163 e. The summed E-state index contributed by atoms with van der Waals surface area (Å²) >= 11 is 2.87. The van der Waals surface area contributed by atoms with Crippen LogP contribution in [0.3, 0.4) is 0 Å². The number of nitrogens with one attached hydrogen (secondary N) is 1. The highest BCUT2D eigenvalue weighted by Crippen LogP contribution is 2.36. The maximum Gasteiger partial charge on any atom is 0.163 e. The summed E-state index contributed by atoms with van der Waals surface area (Å²) in [4.78, 5) is 2.43. The summed E-state index contributed by atoms with van der Waals surface area (Å²) in [5, 5.41) is 73.0. The van der Waals surface area contributed by atoms with Crippen LogP contribution in [0.4, 0.5) is 0 Å². The molecule has 1 heterocycles. The van der Waals surface area contributed by atoms with Gasteiger partial charge >= 0.3 is 0 Å². The largest absolute Gasteiger partial charge is 0.390 e. The predicted octanol–water partition coefficient (Wildman–Crippen LogP) is 8.50. The molecule has 0 aromatic rings. The number of terminal acetylenes is 1. The molecule has 1 aliphatic heterocycles. The van der Waals surface area contributed by atoms with Crippen molar-refractivity contribution in [2.45, 2.75) is 256 Å². The topological polar surface area (TPSA) is 192 Å². The minimum atomic E-state index is -0.807. The molecule has 4 rings (SSSR count). The zero-order chi connectivity index (χ0) is 51.7. The van der Waals surface area contributed by atoms with Crippen LogP contribution in [0.15, 0.2) is 0 Å². The van der Waals surface area contributed by atoms with Gasteiger partial charge < -0.3 is 50.4 Å². The van der Waals surface area contributed by atoms with Crippen molar-refractivity contribution in [1.82, 2.24) is 5.48 Å². The molecular weight excluding hydrogens is 939 g/mol. The number of unbranched alkanes of at least 4 members (excludes halogenated alkanes) is 5. The molecule has 0 spiro atoms. The highest BCUT2D eigenvalue weighted by Gasteiger charge is 2.40. The van der Waals surface area contributed by atoms with Crippen LogP contribution in [0.1, 0.15) is 195 Å². The van der Waals surface area contributed by atoms with Gasteiger partial charge in [0.25, 0.3) is 0 Å². The average Bonchev–Trinajstić information content (AvgIpc) is 4.19. The Balaban J connectivity index is 0.000000935. The van der Waals surface area contributed by atoms with Crippen LogP contribution in [0, 0.1) is 94.6 Å². The number of hydrogen-bond acceptors (Lipinski definition) is 11. The molecule has 69 heavy (non-hydrogen) atoms. The normalized spacial score (nSPS) is 20.8. The first-order chi connectivity index (χ1) is 33.1. The fourth-order valence-corrected chi connectivity index (χ4v) is 7.20. The molecule has 4 fully saturated rings. The van der Waals surface area contributed by atoms with E-state index in [1.54, 1.807) is 5.48 Å². The molecule has 1 unspecified atom stereocenters. The van der Waals surface area contributed by atoms with Crippen LogP contribution in [-0.4, -0.2) is 109 Å². The van der Waals surface area contributed by atoms with Gasteiger partial charge in [0.2, 0.25) is 0 Å². The minimum Gasteiger partial charge on any atom is -0.390 e. The van der Waals surface area contributed by atoms with Gasteiger partial charge in [-0.1, -0.05) is 134 Å².